The third-order valence-corrected chi connectivity index (χ3v) is 3.07. The molecule has 0 atom stereocenters. The average molecular weight is 246 g/mol. The summed E-state index contributed by atoms with van der Waals surface area (Å²) in [6.45, 7) is 7.63. The van der Waals surface area contributed by atoms with Crippen LogP contribution in [0.1, 0.15) is 32.4 Å². The molecule has 0 saturated heterocycles. The lowest BCUT2D eigenvalue weighted by Crippen LogP contribution is -2.25. The Bertz CT molecular complexity index is 497. The summed E-state index contributed by atoms with van der Waals surface area (Å²) < 4.78 is 2.09. The molecule has 0 aromatic carbocycles. The molecule has 18 heavy (non-hydrogen) atoms. The van der Waals surface area contributed by atoms with E-state index in [1.807, 2.05) is 24.5 Å². The fourth-order valence-electron chi connectivity index (χ4n) is 2.30. The summed E-state index contributed by atoms with van der Waals surface area (Å²) in [6.07, 6.45) is 6.26. The molecule has 0 saturated carbocycles. The minimum atomic E-state index is 0.777. The van der Waals surface area contributed by atoms with Gasteiger partial charge in [0.2, 0.25) is 0 Å². The van der Waals surface area contributed by atoms with Crippen LogP contribution in [0.2, 0.25) is 0 Å². The Kier molecular flexibility index (Phi) is 4.20. The second kappa shape index (κ2) is 5.87. The summed E-state index contributed by atoms with van der Waals surface area (Å²) in [6, 6.07) is 3.85. The van der Waals surface area contributed by atoms with E-state index in [9.17, 15) is 0 Å². The number of aromatic nitrogens is 2. The fourth-order valence-corrected chi connectivity index (χ4v) is 2.30. The lowest BCUT2D eigenvalue weighted by Gasteiger charge is -2.20. The SMILES string of the molecule is CCCN(CCC)Cc1cnc2ccc(N)cn12. The molecule has 0 fully saturated rings. The Labute approximate surface area is 108 Å². The van der Waals surface area contributed by atoms with Crippen LogP contribution in [0.3, 0.4) is 0 Å². The molecule has 2 heterocycles. The molecule has 0 bridgehead atoms. The van der Waals surface area contributed by atoms with Crippen molar-refractivity contribution in [3.63, 3.8) is 0 Å². The highest BCUT2D eigenvalue weighted by Gasteiger charge is 2.08. The van der Waals surface area contributed by atoms with Gasteiger partial charge in [-0.1, -0.05) is 13.8 Å². The highest BCUT2D eigenvalue weighted by Crippen LogP contribution is 2.12. The molecule has 0 aliphatic heterocycles. The van der Waals surface area contributed by atoms with Crippen molar-refractivity contribution in [2.45, 2.75) is 33.2 Å². The van der Waals surface area contributed by atoms with E-state index in [0.29, 0.717) is 0 Å². The van der Waals surface area contributed by atoms with Crippen LogP contribution in [0, 0.1) is 0 Å². The maximum Gasteiger partial charge on any atom is 0.137 e. The predicted octanol–water partition coefficient (Wildman–Crippen LogP) is 2.54. The summed E-state index contributed by atoms with van der Waals surface area (Å²) in [7, 11) is 0. The van der Waals surface area contributed by atoms with Gasteiger partial charge >= 0.3 is 0 Å². The van der Waals surface area contributed by atoms with Crippen LogP contribution in [-0.2, 0) is 6.54 Å². The van der Waals surface area contributed by atoms with Crippen LogP contribution >= 0.6 is 0 Å². The molecule has 0 aliphatic carbocycles. The van der Waals surface area contributed by atoms with Gasteiger partial charge in [0.05, 0.1) is 11.9 Å². The summed E-state index contributed by atoms with van der Waals surface area (Å²) in [5, 5.41) is 0. The van der Waals surface area contributed by atoms with Crippen LogP contribution in [0.4, 0.5) is 5.69 Å². The third kappa shape index (κ3) is 2.82. The molecule has 0 amide bonds. The number of pyridine rings is 1. The van der Waals surface area contributed by atoms with Crippen molar-refractivity contribution < 1.29 is 0 Å². The quantitative estimate of drug-likeness (QED) is 0.852. The largest absolute Gasteiger partial charge is 0.398 e. The molecule has 2 rings (SSSR count). The normalized spacial score (nSPS) is 11.5. The topological polar surface area (TPSA) is 46.6 Å². The van der Waals surface area contributed by atoms with Crippen molar-refractivity contribution >= 4 is 11.3 Å². The smallest absolute Gasteiger partial charge is 0.137 e. The van der Waals surface area contributed by atoms with Gasteiger partial charge in [-0.05, 0) is 38.1 Å². The first-order valence-corrected chi connectivity index (χ1v) is 6.68. The van der Waals surface area contributed by atoms with Gasteiger partial charge in [0.25, 0.3) is 0 Å². The number of fused-ring (bicyclic) bond motifs is 1. The number of nitrogens with two attached hydrogens (primary N) is 1. The Balaban J connectivity index is 2.21. The van der Waals surface area contributed by atoms with Gasteiger partial charge in [0.15, 0.2) is 0 Å². The molecule has 2 aromatic rings. The van der Waals surface area contributed by atoms with Crippen molar-refractivity contribution in [2.75, 3.05) is 18.8 Å². The maximum absolute atomic E-state index is 5.84. The van der Waals surface area contributed by atoms with Gasteiger partial charge in [-0.25, -0.2) is 4.98 Å². The zero-order valence-electron chi connectivity index (χ0n) is 11.3. The average Bonchev–Trinajstić information content (AvgIpc) is 2.73. The first kappa shape index (κ1) is 12.9. The molecule has 4 nitrogen and oxygen atoms in total. The number of hydrogen-bond donors (Lipinski definition) is 1. The minimum absolute atomic E-state index is 0.777. The van der Waals surface area contributed by atoms with Crippen LogP contribution < -0.4 is 5.73 Å². The molecule has 0 unspecified atom stereocenters. The van der Waals surface area contributed by atoms with Crippen molar-refractivity contribution in [3.8, 4) is 0 Å². The zero-order chi connectivity index (χ0) is 13.0. The van der Waals surface area contributed by atoms with Gasteiger partial charge in [0, 0.05) is 18.4 Å². The number of hydrogen-bond acceptors (Lipinski definition) is 3. The zero-order valence-corrected chi connectivity index (χ0v) is 11.3. The Hall–Kier alpha value is -1.55. The van der Waals surface area contributed by atoms with Gasteiger partial charge in [-0.2, -0.15) is 0 Å². The maximum atomic E-state index is 5.84. The van der Waals surface area contributed by atoms with E-state index in [4.69, 9.17) is 5.73 Å². The number of nitrogens with zero attached hydrogens (tertiary/aromatic N) is 3. The van der Waals surface area contributed by atoms with Crippen molar-refractivity contribution in [1.82, 2.24) is 14.3 Å². The summed E-state index contributed by atoms with van der Waals surface area (Å²) in [5.41, 5.74) is 8.79. The van der Waals surface area contributed by atoms with E-state index >= 15 is 0 Å². The summed E-state index contributed by atoms with van der Waals surface area (Å²) in [4.78, 5) is 6.88. The molecule has 0 radical (unpaired) electrons. The molecule has 0 aliphatic rings. The van der Waals surface area contributed by atoms with Crippen molar-refractivity contribution in [3.05, 3.63) is 30.2 Å². The van der Waals surface area contributed by atoms with Crippen LogP contribution in [0.15, 0.2) is 24.5 Å². The van der Waals surface area contributed by atoms with E-state index in [2.05, 4.69) is 28.1 Å². The van der Waals surface area contributed by atoms with E-state index < -0.39 is 0 Å². The molecule has 4 heteroatoms. The number of rotatable bonds is 6. The van der Waals surface area contributed by atoms with Gasteiger partial charge in [-0.3, -0.25) is 4.90 Å². The minimum Gasteiger partial charge on any atom is -0.398 e. The summed E-state index contributed by atoms with van der Waals surface area (Å²) >= 11 is 0. The number of nitrogen functional groups attached to an aromatic ring is 1. The Morgan fingerprint density at radius 3 is 2.61 bits per heavy atom. The molecule has 2 aromatic heterocycles. The van der Waals surface area contributed by atoms with Gasteiger partial charge in [-0.15, -0.1) is 0 Å². The van der Waals surface area contributed by atoms with E-state index in [1.54, 1.807) is 0 Å². The van der Waals surface area contributed by atoms with Crippen LogP contribution in [-0.4, -0.2) is 27.4 Å². The van der Waals surface area contributed by atoms with E-state index in [-0.39, 0.29) is 0 Å². The fraction of sp³-hybridized carbons (Fsp3) is 0.500. The van der Waals surface area contributed by atoms with Crippen molar-refractivity contribution in [2.24, 2.45) is 0 Å². The van der Waals surface area contributed by atoms with Crippen molar-refractivity contribution in [1.29, 1.82) is 0 Å². The molecular formula is C14H22N4. The first-order chi connectivity index (χ1) is 8.74. The molecule has 98 valence electrons. The lowest BCUT2D eigenvalue weighted by molar-refractivity contribution is 0.263. The van der Waals surface area contributed by atoms with Gasteiger partial charge in [0.1, 0.15) is 5.65 Å². The standard InChI is InChI=1S/C14H22N4/c1-3-7-17(8-4-2)11-13-9-16-14-6-5-12(15)10-18(13)14/h5-6,9-10H,3-4,7-8,11,15H2,1-2H3. The highest BCUT2D eigenvalue weighted by atomic mass is 15.1. The Morgan fingerprint density at radius 2 is 1.94 bits per heavy atom. The monoisotopic (exact) mass is 246 g/mol. The van der Waals surface area contributed by atoms with Crippen LogP contribution in [0.5, 0.6) is 0 Å². The molecule has 0 spiro atoms. The Morgan fingerprint density at radius 1 is 1.22 bits per heavy atom. The molecule has 2 N–H and O–H groups in total. The second-order valence-corrected chi connectivity index (χ2v) is 4.72. The molecular weight excluding hydrogens is 224 g/mol. The summed E-state index contributed by atoms with van der Waals surface area (Å²) in [5.74, 6) is 0. The second-order valence-electron chi connectivity index (χ2n) is 4.72. The van der Waals surface area contributed by atoms with E-state index in [1.165, 1.54) is 18.5 Å². The number of anilines is 1. The van der Waals surface area contributed by atoms with Gasteiger partial charge < -0.3 is 10.1 Å². The lowest BCUT2D eigenvalue weighted by atomic mass is 10.3. The highest BCUT2D eigenvalue weighted by molar-refractivity contribution is 5.48. The number of imidazole rings is 1. The van der Waals surface area contributed by atoms with E-state index in [0.717, 1.165) is 31.0 Å². The third-order valence-electron chi connectivity index (χ3n) is 3.07. The van der Waals surface area contributed by atoms with Crippen LogP contribution in [0.25, 0.3) is 5.65 Å². The predicted molar refractivity (Wildman–Crippen MR) is 75.5 cm³/mol. The first-order valence-electron chi connectivity index (χ1n) is 6.68.